The third kappa shape index (κ3) is 5.78. The molecule has 0 saturated carbocycles. The number of benzene rings is 1. The Labute approximate surface area is 179 Å². The molecule has 0 saturated heterocycles. The third-order valence-electron chi connectivity index (χ3n) is 4.15. The third-order valence-corrected chi connectivity index (χ3v) is 5.55. The molecule has 31 heavy (non-hydrogen) atoms. The Morgan fingerprint density at radius 3 is 2.48 bits per heavy atom. The highest BCUT2D eigenvalue weighted by Gasteiger charge is 2.31. The molecular weight excluding hydrogens is 438 g/mol. The van der Waals surface area contributed by atoms with E-state index in [0.29, 0.717) is 6.20 Å². The molecule has 3 rings (SSSR count). The van der Waals surface area contributed by atoms with E-state index in [4.69, 9.17) is 5.73 Å². The van der Waals surface area contributed by atoms with E-state index < -0.39 is 40.5 Å². The van der Waals surface area contributed by atoms with Crippen molar-refractivity contribution in [3.05, 3.63) is 59.2 Å². The van der Waals surface area contributed by atoms with E-state index in [0.717, 1.165) is 18.2 Å². The summed E-state index contributed by atoms with van der Waals surface area (Å²) in [6.07, 6.45) is -4.01. The number of hydrogen-bond donors (Lipinski definition) is 2. The minimum atomic E-state index is -4.57. The van der Waals surface area contributed by atoms with Gasteiger partial charge in [0.15, 0.2) is 0 Å². The zero-order valence-corrected chi connectivity index (χ0v) is 17.7. The first-order chi connectivity index (χ1) is 14.6. The number of rotatable bonds is 3. The van der Waals surface area contributed by atoms with E-state index in [2.05, 4.69) is 15.3 Å². The zero-order valence-electron chi connectivity index (χ0n) is 16.9. The number of aromatic nitrogens is 1. The summed E-state index contributed by atoms with van der Waals surface area (Å²) < 4.78 is 65.3. The summed E-state index contributed by atoms with van der Waals surface area (Å²) in [6.45, 7) is 4.00. The topological polar surface area (TPSA) is 101 Å². The molecule has 2 aromatic rings. The molecule has 1 aliphatic rings. The molecule has 1 aliphatic heterocycles. The fourth-order valence-corrected chi connectivity index (χ4v) is 3.56. The highest BCUT2D eigenvalue weighted by molar-refractivity contribution is 7.83. The molecule has 0 radical (unpaired) electrons. The van der Waals surface area contributed by atoms with Gasteiger partial charge < -0.3 is 11.1 Å². The average molecular weight is 459 g/mol. The van der Waals surface area contributed by atoms with Crippen LogP contribution in [0, 0.1) is 5.82 Å². The number of pyridine rings is 1. The maximum Gasteiger partial charge on any atom is 0.417 e. The van der Waals surface area contributed by atoms with Gasteiger partial charge in [-0.1, -0.05) is 13.8 Å². The number of anilines is 1. The Balaban J connectivity index is 0.00000166. The highest BCUT2D eigenvalue weighted by atomic mass is 32.2. The maximum atomic E-state index is 14.3. The highest BCUT2D eigenvalue weighted by Crippen LogP contribution is 2.29. The van der Waals surface area contributed by atoms with Crippen molar-refractivity contribution in [1.29, 1.82) is 0 Å². The number of alkyl halides is 3. The SMILES string of the molecule is CC.CN1C(N)=NC(c2cc(NC(=O)c3ccc(C(F)(F)F)cn3)ccc2F)CS1=O. The van der Waals surface area contributed by atoms with Gasteiger partial charge in [-0.05, 0) is 30.3 Å². The monoisotopic (exact) mass is 459 g/mol. The molecule has 0 spiro atoms. The lowest BCUT2D eigenvalue weighted by Gasteiger charge is -2.26. The van der Waals surface area contributed by atoms with Crippen molar-refractivity contribution in [3.63, 3.8) is 0 Å². The van der Waals surface area contributed by atoms with Crippen molar-refractivity contribution < 1.29 is 26.6 Å². The predicted octanol–water partition coefficient (Wildman–Crippen LogP) is 3.48. The second-order valence-electron chi connectivity index (χ2n) is 6.11. The Morgan fingerprint density at radius 2 is 1.94 bits per heavy atom. The summed E-state index contributed by atoms with van der Waals surface area (Å²) in [5.74, 6) is -1.40. The van der Waals surface area contributed by atoms with Crippen LogP contribution < -0.4 is 11.1 Å². The predicted molar refractivity (Wildman–Crippen MR) is 110 cm³/mol. The van der Waals surface area contributed by atoms with Crippen LogP contribution in [0.15, 0.2) is 41.5 Å². The summed E-state index contributed by atoms with van der Waals surface area (Å²) in [7, 11) is 0.00628. The number of carbonyl (C=O) groups is 1. The number of amides is 1. The smallest absolute Gasteiger partial charge is 0.369 e. The normalized spacial score (nSPS) is 18.5. The Hall–Kier alpha value is -3.02. The van der Waals surface area contributed by atoms with Gasteiger partial charge in [0, 0.05) is 24.5 Å². The average Bonchev–Trinajstić information content (AvgIpc) is 2.74. The van der Waals surface area contributed by atoms with Crippen LogP contribution in [0.2, 0.25) is 0 Å². The molecule has 0 aliphatic carbocycles. The first-order valence-electron chi connectivity index (χ1n) is 9.16. The van der Waals surface area contributed by atoms with Crippen LogP contribution in [0.3, 0.4) is 0 Å². The standard InChI is InChI=1S/C17H15F4N5O2S.C2H6/c1-26-16(22)25-14(8-29(26)28)11-6-10(3-4-12(11)18)24-15(27)13-5-2-9(7-23-13)17(19,20)21;1-2/h2-7,14H,8H2,1H3,(H2,22,25)(H,24,27);1-2H3. The Morgan fingerprint density at radius 1 is 1.26 bits per heavy atom. The van der Waals surface area contributed by atoms with Crippen LogP contribution >= 0.6 is 0 Å². The van der Waals surface area contributed by atoms with Gasteiger partial charge in [0.25, 0.3) is 5.91 Å². The minimum absolute atomic E-state index is 0.00593. The van der Waals surface area contributed by atoms with Crippen LogP contribution in [0.5, 0.6) is 0 Å². The molecule has 0 fully saturated rings. The van der Waals surface area contributed by atoms with Crippen molar-refractivity contribution >= 4 is 28.5 Å². The molecule has 1 amide bonds. The number of nitrogens with one attached hydrogen (secondary N) is 1. The van der Waals surface area contributed by atoms with Gasteiger partial charge in [-0.15, -0.1) is 0 Å². The molecule has 2 atom stereocenters. The number of aliphatic imine (C=N–C) groups is 1. The quantitative estimate of drug-likeness (QED) is 0.687. The Bertz CT molecular complexity index is 996. The second-order valence-corrected chi connectivity index (χ2v) is 7.63. The first-order valence-corrected chi connectivity index (χ1v) is 10.4. The summed E-state index contributed by atoms with van der Waals surface area (Å²) in [5, 5.41) is 2.44. The summed E-state index contributed by atoms with van der Waals surface area (Å²) in [4.78, 5) is 19.9. The van der Waals surface area contributed by atoms with Crippen molar-refractivity contribution in [2.24, 2.45) is 10.7 Å². The number of guanidine groups is 1. The van der Waals surface area contributed by atoms with E-state index in [9.17, 15) is 26.6 Å². The van der Waals surface area contributed by atoms with Crippen molar-refractivity contribution in [3.8, 4) is 0 Å². The number of carbonyl (C=O) groups excluding carboxylic acids is 1. The van der Waals surface area contributed by atoms with Gasteiger partial charge >= 0.3 is 6.18 Å². The van der Waals surface area contributed by atoms with E-state index in [-0.39, 0.29) is 28.7 Å². The molecule has 1 aromatic heterocycles. The maximum absolute atomic E-state index is 14.3. The van der Waals surface area contributed by atoms with Gasteiger partial charge in [0.05, 0.1) is 17.4 Å². The zero-order chi connectivity index (χ0) is 23.3. The molecule has 2 heterocycles. The van der Waals surface area contributed by atoms with E-state index in [1.165, 1.54) is 23.5 Å². The second kappa shape index (κ2) is 9.86. The summed E-state index contributed by atoms with van der Waals surface area (Å²) in [6, 6.07) is 4.55. The molecule has 3 N–H and O–H groups in total. The first kappa shape index (κ1) is 24.3. The van der Waals surface area contributed by atoms with E-state index in [1.807, 2.05) is 13.8 Å². The lowest BCUT2D eigenvalue weighted by molar-refractivity contribution is -0.137. The minimum Gasteiger partial charge on any atom is -0.369 e. The fraction of sp³-hybridized carbons (Fsp3) is 0.316. The van der Waals surface area contributed by atoms with Crippen LogP contribution in [0.4, 0.5) is 23.2 Å². The molecule has 1 aromatic carbocycles. The van der Waals surface area contributed by atoms with Crippen molar-refractivity contribution in [1.82, 2.24) is 9.29 Å². The Kier molecular flexibility index (Phi) is 7.71. The van der Waals surface area contributed by atoms with Crippen LogP contribution in [-0.2, 0) is 17.2 Å². The van der Waals surface area contributed by atoms with Crippen LogP contribution in [0.25, 0.3) is 0 Å². The number of halogens is 4. The van der Waals surface area contributed by atoms with E-state index >= 15 is 0 Å². The van der Waals surface area contributed by atoms with Gasteiger partial charge in [-0.3, -0.25) is 14.1 Å². The van der Waals surface area contributed by atoms with E-state index in [1.54, 1.807) is 0 Å². The molecule has 12 heteroatoms. The van der Waals surface area contributed by atoms with Crippen molar-refractivity contribution in [2.45, 2.75) is 26.1 Å². The lowest BCUT2D eigenvalue weighted by Crippen LogP contribution is -2.41. The number of nitrogens with zero attached hydrogens (tertiary/aromatic N) is 3. The summed E-state index contributed by atoms with van der Waals surface area (Å²) in [5.41, 5.74) is 4.71. The van der Waals surface area contributed by atoms with Gasteiger partial charge in [-0.25, -0.2) is 13.6 Å². The molecule has 7 nitrogen and oxygen atoms in total. The fourth-order valence-electron chi connectivity index (χ4n) is 2.56. The number of hydrogen-bond acceptors (Lipinski definition) is 5. The lowest BCUT2D eigenvalue weighted by atomic mass is 10.1. The van der Waals surface area contributed by atoms with Gasteiger partial charge in [-0.2, -0.15) is 13.2 Å². The molecular formula is C19H21F4N5O2S. The van der Waals surface area contributed by atoms with Crippen LogP contribution in [0.1, 0.15) is 41.5 Å². The van der Waals surface area contributed by atoms with Gasteiger partial charge in [0.2, 0.25) is 5.96 Å². The largest absolute Gasteiger partial charge is 0.417 e. The van der Waals surface area contributed by atoms with Crippen LogP contribution in [-0.4, -0.2) is 38.2 Å². The molecule has 2 unspecified atom stereocenters. The molecule has 0 bridgehead atoms. The van der Waals surface area contributed by atoms with Crippen molar-refractivity contribution in [2.75, 3.05) is 18.1 Å². The van der Waals surface area contributed by atoms with Gasteiger partial charge in [0.1, 0.15) is 22.5 Å². The number of nitrogens with two attached hydrogens (primary N) is 1. The molecule has 168 valence electrons. The summed E-state index contributed by atoms with van der Waals surface area (Å²) >= 11 is 0.